The fourth-order valence-electron chi connectivity index (χ4n) is 2.67. The van der Waals surface area contributed by atoms with Crippen LogP contribution in [0.15, 0.2) is 24.3 Å². The number of hydrogen-bond donors (Lipinski definition) is 1. The highest BCUT2D eigenvalue weighted by atomic mass is 16.5. The second kappa shape index (κ2) is 7.51. The standard InChI is InChI=1S/C16H26N2O/c1-2-10-18(11-9-16-4-3-12-19-16)13-14-5-7-15(17)8-6-14/h5-8,16H,2-4,9-13,17H2,1H3. The molecule has 2 rings (SSSR count). The minimum atomic E-state index is 0.491. The number of nitrogens with two attached hydrogens (primary N) is 1. The number of hydrogen-bond acceptors (Lipinski definition) is 3. The Hall–Kier alpha value is -1.06. The minimum Gasteiger partial charge on any atom is -0.399 e. The predicted octanol–water partition coefficient (Wildman–Crippen LogP) is 3.05. The number of anilines is 1. The van der Waals surface area contributed by atoms with E-state index in [0.29, 0.717) is 6.10 Å². The highest BCUT2D eigenvalue weighted by Crippen LogP contribution is 2.17. The molecule has 3 heteroatoms. The van der Waals surface area contributed by atoms with Crippen LogP contribution >= 0.6 is 0 Å². The average molecular weight is 262 g/mol. The number of benzene rings is 1. The zero-order valence-electron chi connectivity index (χ0n) is 12.0. The van der Waals surface area contributed by atoms with Crippen molar-refractivity contribution in [2.24, 2.45) is 0 Å². The zero-order chi connectivity index (χ0) is 13.5. The Kier molecular flexibility index (Phi) is 5.67. The van der Waals surface area contributed by atoms with Crippen molar-refractivity contribution < 1.29 is 4.74 Å². The summed E-state index contributed by atoms with van der Waals surface area (Å²) in [5, 5.41) is 0. The van der Waals surface area contributed by atoms with E-state index in [1.54, 1.807) is 0 Å². The Bertz CT molecular complexity index is 358. The maximum absolute atomic E-state index is 5.73. The van der Waals surface area contributed by atoms with Crippen LogP contribution in [0.5, 0.6) is 0 Å². The van der Waals surface area contributed by atoms with E-state index in [1.807, 2.05) is 12.1 Å². The molecule has 1 aromatic carbocycles. The molecule has 0 bridgehead atoms. The summed E-state index contributed by atoms with van der Waals surface area (Å²) >= 11 is 0. The summed E-state index contributed by atoms with van der Waals surface area (Å²) in [6.45, 7) is 6.49. The fraction of sp³-hybridized carbons (Fsp3) is 0.625. The van der Waals surface area contributed by atoms with Gasteiger partial charge in [0.1, 0.15) is 0 Å². The van der Waals surface area contributed by atoms with Gasteiger partial charge in [0, 0.05) is 25.4 Å². The van der Waals surface area contributed by atoms with Crippen LogP contribution in [0.4, 0.5) is 5.69 Å². The van der Waals surface area contributed by atoms with Crippen LogP contribution in [0.1, 0.15) is 38.2 Å². The maximum atomic E-state index is 5.73. The molecule has 1 fully saturated rings. The van der Waals surface area contributed by atoms with Crippen LogP contribution < -0.4 is 5.73 Å². The van der Waals surface area contributed by atoms with Gasteiger partial charge < -0.3 is 10.5 Å². The summed E-state index contributed by atoms with van der Waals surface area (Å²) in [5.41, 5.74) is 7.91. The van der Waals surface area contributed by atoms with Crippen molar-refractivity contribution >= 4 is 5.69 Å². The van der Waals surface area contributed by atoms with Gasteiger partial charge in [-0.05, 0) is 49.9 Å². The van der Waals surface area contributed by atoms with E-state index in [0.717, 1.165) is 38.3 Å². The van der Waals surface area contributed by atoms with Gasteiger partial charge in [-0.2, -0.15) is 0 Å². The lowest BCUT2D eigenvalue weighted by atomic mass is 10.1. The number of nitrogen functional groups attached to an aromatic ring is 1. The van der Waals surface area contributed by atoms with E-state index in [1.165, 1.54) is 24.8 Å². The van der Waals surface area contributed by atoms with Gasteiger partial charge in [-0.1, -0.05) is 19.1 Å². The van der Waals surface area contributed by atoms with Gasteiger partial charge in [-0.25, -0.2) is 0 Å². The lowest BCUT2D eigenvalue weighted by Crippen LogP contribution is -2.27. The maximum Gasteiger partial charge on any atom is 0.0588 e. The molecule has 0 amide bonds. The summed E-state index contributed by atoms with van der Waals surface area (Å²) in [6, 6.07) is 8.23. The topological polar surface area (TPSA) is 38.5 Å². The van der Waals surface area contributed by atoms with Crippen LogP contribution in [-0.4, -0.2) is 30.7 Å². The van der Waals surface area contributed by atoms with Crippen LogP contribution in [0, 0.1) is 0 Å². The van der Waals surface area contributed by atoms with Crippen molar-refractivity contribution in [1.29, 1.82) is 0 Å². The molecule has 2 N–H and O–H groups in total. The van der Waals surface area contributed by atoms with E-state index < -0.39 is 0 Å². The molecule has 0 saturated carbocycles. The van der Waals surface area contributed by atoms with Crippen molar-refractivity contribution in [3.05, 3.63) is 29.8 Å². The number of nitrogens with zero attached hydrogens (tertiary/aromatic N) is 1. The monoisotopic (exact) mass is 262 g/mol. The molecule has 19 heavy (non-hydrogen) atoms. The minimum absolute atomic E-state index is 0.491. The largest absolute Gasteiger partial charge is 0.399 e. The highest BCUT2D eigenvalue weighted by molar-refractivity contribution is 5.39. The fourth-order valence-corrected chi connectivity index (χ4v) is 2.67. The molecular weight excluding hydrogens is 236 g/mol. The van der Waals surface area contributed by atoms with Crippen molar-refractivity contribution in [2.45, 2.75) is 45.3 Å². The van der Waals surface area contributed by atoms with Crippen LogP contribution in [0.25, 0.3) is 0 Å². The summed E-state index contributed by atoms with van der Waals surface area (Å²) in [4.78, 5) is 2.52. The molecule has 0 radical (unpaired) electrons. The van der Waals surface area contributed by atoms with E-state index >= 15 is 0 Å². The van der Waals surface area contributed by atoms with Gasteiger partial charge in [0.05, 0.1) is 6.10 Å². The predicted molar refractivity (Wildman–Crippen MR) is 80.0 cm³/mol. The van der Waals surface area contributed by atoms with Crippen LogP contribution in [-0.2, 0) is 11.3 Å². The molecule has 0 aromatic heterocycles. The number of ether oxygens (including phenoxy) is 1. The first-order valence-corrected chi connectivity index (χ1v) is 7.46. The second-order valence-corrected chi connectivity index (χ2v) is 5.44. The summed E-state index contributed by atoms with van der Waals surface area (Å²) in [7, 11) is 0. The molecule has 1 aromatic rings. The molecular formula is C16H26N2O. The lowest BCUT2D eigenvalue weighted by molar-refractivity contribution is 0.0908. The van der Waals surface area contributed by atoms with Crippen LogP contribution in [0.3, 0.4) is 0 Å². The third-order valence-electron chi connectivity index (χ3n) is 3.72. The van der Waals surface area contributed by atoms with Gasteiger partial charge in [-0.3, -0.25) is 4.90 Å². The van der Waals surface area contributed by atoms with Crippen molar-refractivity contribution in [2.75, 3.05) is 25.4 Å². The average Bonchev–Trinajstić information content (AvgIpc) is 2.92. The van der Waals surface area contributed by atoms with E-state index in [9.17, 15) is 0 Å². The quantitative estimate of drug-likeness (QED) is 0.768. The third kappa shape index (κ3) is 4.84. The first-order chi connectivity index (χ1) is 9.28. The van der Waals surface area contributed by atoms with Crippen molar-refractivity contribution in [1.82, 2.24) is 4.90 Å². The Morgan fingerprint density at radius 1 is 1.26 bits per heavy atom. The van der Waals surface area contributed by atoms with Gasteiger partial charge >= 0.3 is 0 Å². The van der Waals surface area contributed by atoms with E-state index in [4.69, 9.17) is 10.5 Å². The molecule has 106 valence electrons. The smallest absolute Gasteiger partial charge is 0.0588 e. The molecule has 1 aliphatic heterocycles. The summed E-state index contributed by atoms with van der Waals surface area (Å²) in [5.74, 6) is 0. The Balaban J connectivity index is 1.82. The highest BCUT2D eigenvalue weighted by Gasteiger charge is 2.16. The van der Waals surface area contributed by atoms with Gasteiger partial charge in [0.25, 0.3) is 0 Å². The normalized spacial score (nSPS) is 19.2. The van der Waals surface area contributed by atoms with Gasteiger partial charge in [0.15, 0.2) is 0 Å². The molecule has 1 unspecified atom stereocenters. The molecule has 3 nitrogen and oxygen atoms in total. The Labute approximate surface area is 116 Å². The molecule has 0 spiro atoms. The summed E-state index contributed by atoms with van der Waals surface area (Å²) in [6.07, 6.45) is 5.32. The number of rotatable bonds is 7. The lowest BCUT2D eigenvalue weighted by Gasteiger charge is -2.23. The van der Waals surface area contributed by atoms with Gasteiger partial charge in [0.2, 0.25) is 0 Å². The third-order valence-corrected chi connectivity index (χ3v) is 3.72. The second-order valence-electron chi connectivity index (χ2n) is 5.44. The van der Waals surface area contributed by atoms with E-state index in [2.05, 4.69) is 24.0 Å². The van der Waals surface area contributed by atoms with Crippen molar-refractivity contribution in [3.8, 4) is 0 Å². The molecule has 1 aliphatic rings. The Morgan fingerprint density at radius 2 is 2.05 bits per heavy atom. The van der Waals surface area contributed by atoms with Crippen LogP contribution in [0.2, 0.25) is 0 Å². The Morgan fingerprint density at radius 3 is 2.68 bits per heavy atom. The summed E-state index contributed by atoms with van der Waals surface area (Å²) < 4.78 is 5.70. The molecule has 1 atom stereocenters. The molecule has 0 aliphatic carbocycles. The first kappa shape index (κ1) is 14.4. The zero-order valence-corrected chi connectivity index (χ0v) is 12.0. The first-order valence-electron chi connectivity index (χ1n) is 7.46. The molecule has 1 saturated heterocycles. The van der Waals surface area contributed by atoms with E-state index in [-0.39, 0.29) is 0 Å². The SMILES string of the molecule is CCCN(CCC1CCCO1)Cc1ccc(N)cc1. The van der Waals surface area contributed by atoms with Crippen molar-refractivity contribution in [3.63, 3.8) is 0 Å². The molecule has 1 heterocycles. The van der Waals surface area contributed by atoms with Gasteiger partial charge in [-0.15, -0.1) is 0 Å².